The summed E-state index contributed by atoms with van der Waals surface area (Å²) in [6.45, 7) is 4.11. The molecule has 2 aliphatic rings. The molecule has 4 heterocycles. The maximum absolute atomic E-state index is 9.88. The van der Waals surface area contributed by atoms with Gasteiger partial charge in [0.25, 0.3) is 0 Å². The molecule has 0 aromatic carbocycles. The van der Waals surface area contributed by atoms with Gasteiger partial charge in [0, 0.05) is 32.0 Å². The Labute approximate surface area is 168 Å². The van der Waals surface area contributed by atoms with E-state index in [-0.39, 0.29) is 25.0 Å². The molecule has 0 amide bonds. The molecule has 0 radical (unpaired) electrons. The SMILES string of the molecule is Cl.Nc1ncc(-c2nc(N[C@@]3(CO)CCNC3)nc(N3CCOCC3)n2)cn1. The Morgan fingerprint density at radius 1 is 1.21 bits per heavy atom. The summed E-state index contributed by atoms with van der Waals surface area (Å²) in [5.74, 6) is 1.61. The summed E-state index contributed by atoms with van der Waals surface area (Å²) in [6.07, 6.45) is 3.95. The van der Waals surface area contributed by atoms with Gasteiger partial charge in [-0.05, 0) is 13.0 Å². The molecule has 152 valence electrons. The van der Waals surface area contributed by atoms with E-state index in [0.29, 0.717) is 56.1 Å². The van der Waals surface area contributed by atoms with Crippen LogP contribution in [-0.2, 0) is 4.74 Å². The molecular weight excluding hydrogens is 386 g/mol. The van der Waals surface area contributed by atoms with Gasteiger partial charge in [-0.3, -0.25) is 0 Å². The molecular formula is C16H24ClN9O2. The number of nitrogen functional groups attached to an aromatic ring is 1. The van der Waals surface area contributed by atoms with Crippen molar-refractivity contribution in [2.75, 3.05) is 62.0 Å². The molecule has 2 aromatic rings. The standard InChI is InChI=1S/C16H23N9O2.ClH/c17-13-19-7-11(8-20-13)12-21-14(24-16(10-26)1-2-18-9-16)23-15(22-12)25-3-5-27-6-4-25;/h7-8,18,26H,1-6,9-10H2,(H2,17,19,20)(H,21,22,23,24);1H/t16-;/m0./s1. The Morgan fingerprint density at radius 3 is 2.61 bits per heavy atom. The van der Waals surface area contributed by atoms with Crippen LogP contribution in [-0.4, -0.2) is 81.6 Å². The zero-order valence-corrected chi connectivity index (χ0v) is 16.2. The Hall–Kier alpha value is -2.34. The number of aromatic nitrogens is 5. The zero-order chi connectivity index (χ0) is 18.7. The van der Waals surface area contributed by atoms with Crippen molar-refractivity contribution in [2.24, 2.45) is 0 Å². The van der Waals surface area contributed by atoms with E-state index in [4.69, 9.17) is 10.5 Å². The third-order valence-corrected chi connectivity index (χ3v) is 4.77. The average molecular weight is 410 g/mol. The number of nitrogens with zero attached hydrogens (tertiary/aromatic N) is 6. The average Bonchev–Trinajstić information content (AvgIpc) is 3.18. The highest BCUT2D eigenvalue weighted by Crippen LogP contribution is 2.24. The first-order chi connectivity index (χ1) is 13.2. The number of aliphatic hydroxyl groups is 1. The number of nitrogens with two attached hydrogens (primary N) is 1. The molecule has 0 aliphatic carbocycles. The topological polar surface area (TPSA) is 147 Å². The van der Waals surface area contributed by atoms with Crippen molar-refractivity contribution in [1.82, 2.24) is 30.2 Å². The van der Waals surface area contributed by atoms with E-state index in [1.165, 1.54) is 0 Å². The summed E-state index contributed by atoms with van der Waals surface area (Å²) in [6, 6.07) is 0. The minimum atomic E-state index is -0.488. The largest absolute Gasteiger partial charge is 0.394 e. The van der Waals surface area contributed by atoms with Gasteiger partial charge in [0.2, 0.25) is 17.8 Å². The van der Waals surface area contributed by atoms with E-state index in [1.54, 1.807) is 12.4 Å². The Bertz CT molecular complexity index is 780. The van der Waals surface area contributed by atoms with Crippen molar-refractivity contribution in [3.63, 3.8) is 0 Å². The highest BCUT2D eigenvalue weighted by Gasteiger charge is 2.34. The fourth-order valence-electron chi connectivity index (χ4n) is 3.17. The molecule has 11 nitrogen and oxygen atoms in total. The Balaban J connectivity index is 0.00000225. The van der Waals surface area contributed by atoms with Crippen molar-refractivity contribution in [3.8, 4) is 11.4 Å². The first-order valence-electron chi connectivity index (χ1n) is 8.94. The van der Waals surface area contributed by atoms with Crippen molar-refractivity contribution in [2.45, 2.75) is 12.0 Å². The van der Waals surface area contributed by atoms with Crippen molar-refractivity contribution in [3.05, 3.63) is 12.4 Å². The quantitative estimate of drug-likeness (QED) is 0.497. The lowest BCUT2D eigenvalue weighted by Gasteiger charge is -2.29. The van der Waals surface area contributed by atoms with Crippen LogP contribution >= 0.6 is 12.4 Å². The van der Waals surface area contributed by atoms with Gasteiger partial charge in [-0.1, -0.05) is 0 Å². The van der Waals surface area contributed by atoms with Crippen molar-refractivity contribution < 1.29 is 9.84 Å². The summed E-state index contributed by atoms with van der Waals surface area (Å²) in [4.78, 5) is 23.8. The van der Waals surface area contributed by atoms with Crippen LogP contribution in [0.15, 0.2) is 12.4 Å². The predicted molar refractivity (Wildman–Crippen MR) is 106 cm³/mol. The molecule has 0 unspecified atom stereocenters. The maximum Gasteiger partial charge on any atom is 0.230 e. The van der Waals surface area contributed by atoms with Gasteiger partial charge in [0.05, 0.1) is 30.9 Å². The Morgan fingerprint density at radius 2 is 1.96 bits per heavy atom. The highest BCUT2D eigenvalue weighted by atomic mass is 35.5. The number of rotatable bonds is 5. The minimum Gasteiger partial charge on any atom is -0.394 e. The van der Waals surface area contributed by atoms with Crippen LogP contribution in [0.25, 0.3) is 11.4 Å². The number of nitrogens with one attached hydrogen (secondary N) is 2. The summed E-state index contributed by atoms with van der Waals surface area (Å²) in [7, 11) is 0. The van der Waals surface area contributed by atoms with Crippen LogP contribution in [0.2, 0.25) is 0 Å². The van der Waals surface area contributed by atoms with E-state index in [9.17, 15) is 5.11 Å². The maximum atomic E-state index is 9.88. The first kappa shape index (κ1) is 20.4. The summed E-state index contributed by atoms with van der Waals surface area (Å²) in [5.41, 5.74) is 5.74. The van der Waals surface area contributed by atoms with Gasteiger partial charge >= 0.3 is 0 Å². The lowest BCUT2D eigenvalue weighted by Crippen LogP contribution is -2.45. The smallest absolute Gasteiger partial charge is 0.230 e. The molecule has 2 fully saturated rings. The van der Waals surface area contributed by atoms with Crippen molar-refractivity contribution >= 4 is 30.3 Å². The van der Waals surface area contributed by atoms with Gasteiger partial charge < -0.3 is 31.1 Å². The van der Waals surface area contributed by atoms with E-state index < -0.39 is 5.54 Å². The number of ether oxygens (including phenoxy) is 1. The number of anilines is 3. The van der Waals surface area contributed by atoms with Crippen molar-refractivity contribution in [1.29, 1.82) is 0 Å². The summed E-state index contributed by atoms with van der Waals surface area (Å²) in [5, 5.41) is 16.4. The third kappa shape index (κ3) is 4.38. The molecule has 28 heavy (non-hydrogen) atoms. The summed E-state index contributed by atoms with van der Waals surface area (Å²) >= 11 is 0. The first-order valence-corrected chi connectivity index (χ1v) is 8.94. The molecule has 0 bridgehead atoms. The lowest BCUT2D eigenvalue weighted by molar-refractivity contribution is 0.122. The van der Waals surface area contributed by atoms with E-state index in [0.717, 1.165) is 13.0 Å². The molecule has 12 heteroatoms. The fraction of sp³-hybridized carbons (Fsp3) is 0.562. The number of hydrogen-bond donors (Lipinski definition) is 4. The second-order valence-corrected chi connectivity index (χ2v) is 6.70. The van der Waals surface area contributed by atoms with Crippen LogP contribution in [0.4, 0.5) is 17.8 Å². The number of hydrogen-bond acceptors (Lipinski definition) is 11. The van der Waals surface area contributed by atoms with Gasteiger partial charge in [0.15, 0.2) is 5.82 Å². The van der Waals surface area contributed by atoms with Crippen LogP contribution in [0.3, 0.4) is 0 Å². The normalized spacial score (nSPS) is 22.0. The zero-order valence-electron chi connectivity index (χ0n) is 15.3. The van der Waals surface area contributed by atoms with Gasteiger partial charge in [-0.15, -0.1) is 12.4 Å². The van der Waals surface area contributed by atoms with Gasteiger partial charge in [-0.25, -0.2) is 9.97 Å². The van der Waals surface area contributed by atoms with E-state index in [1.807, 2.05) is 0 Å². The molecule has 2 aromatic heterocycles. The lowest BCUT2D eigenvalue weighted by atomic mass is 10.0. The van der Waals surface area contributed by atoms with Crippen LogP contribution in [0.5, 0.6) is 0 Å². The Kier molecular flexibility index (Phi) is 6.39. The fourth-order valence-corrected chi connectivity index (χ4v) is 3.17. The van der Waals surface area contributed by atoms with Crippen LogP contribution in [0, 0.1) is 0 Å². The molecule has 0 saturated carbocycles. The number of morpholine rings is 1. The second kappa shape index (κ2) is 8.78. The molecule has 4 rings (SSSR count). The molecule has 5 N–H and O–H groups in total. The van der Waals surface area contributed by atoms with E-state index in [2.05, 4.69) is 40.5 Å². The monoisotopic (exact) mass is 409 g/mol. The molecule has 0 spiro atoms. The molecule has 1 atom stereocenters. The summed E-state index contributed by atoms with van der Waals surface area (Å²) < 4.78 is 5.42. The van der Waals surface area contributed by atoms with Gasteiger partial charge in [0.1, 0.15) is 0 Å². The minimum absolute atomic E-state index is 0. The third-order valence-electron chi connectivity index (χ3n) is 4.77. The van der Waals surface area contributed by atoms with Gasteiger partial charge in [-0.2, -0.15) is 15.0 Å². The molecule has 2 aliphatic heterocycles. The molecule has 2 saturated heterocycles. The number of halogens is 1. The second-order valence-electron chi connectivity index (χ2n) is 6.70. The highest BCUT2D eigenvalue weighted by molar-refractivity contribution is 5.85. The number of aliphatic hydroxyl groups excluding tert-OH is 1. The van der Waals surface area contributed by atoms with Crippen LogP contribution in [0.1, 0.15) is 6.42 Å². The van der Waals surface area contributed by atoms with E-state index >= 15 is 0 Å². The predicted octanol–water partition coefficient (Wildman–Crippen LogP) is -0.694. The van der Waals surface area contributed by atoms with Crippen LogP contribution < -0.4 is 21.3 Å².